The molecule has 0 fully saturated rings. The Bertz CT molecular complexity index is 1950. The summed E-state index contributed by atoms with van der Waals surface area (Å²) >= 11 is 1.06. The van der Waals surface area contributed by atoms with Gasteiger partial charge in [0.15, 0.2) is 16.6 Å². The van der Waals surface area contributed by atoms with Crippen molar-refractivity contribution in [1.29, 1.82) is 0 Å². The molecule has 0 atom stereocenters. The predicted molar refractivity (Wildman–Crippen MR) is 153 cm³/mol. The molecule has 0 bridgehead atoms. The maximum atomic E-state index is 13.8. The zero-order valence-corrected chi connectivity index (χ0v) is 21.5. The second kappa shape index (κ2) is 9.71. The lowest BCUT2D eigenvalue weighted by Gasteiger charge is -2.07. The summed E-state index contributed by atoms with van der Waals surface area (Å²) in [5.41, 5.74) is 5.33. The molecule has 0 radical (unpaired) electrons. The molecule has 9 nitrogen and oxygen atoms in total. The van der Waals surface area contributed by atoms with Crippen molar-refractivity contribution >= 4 is 45.4 Å². The number of carbonyl (C=O) groups is 1. The molecule has 1 aromatic carbocycles. The van der Waals surface area contributed by atoms with Crippen molar-refractivity contribution in [2.45, 2.75) is 0 Å². The number of pyridine rings is 2. The van der Waals surface area contributed by atoms with Crippen molar-refractivity contribution in [1.82, 2.24) is 30.1 Å². The first-order valence-corrected chi connectivity index (χ1v) is 13.1. The number of rotatable bonds is 5. The van der Waals surface area contributed by atoms with E-state index in [1.807, 2.05) is 42.5 Å². The topological polar surface area (TPSA) is 124 Å². The zero-order chi connectivity index (χ0) is 27.1. The van der Waals surface area contributed by atoms with Crippen LogP contribution in [-0.2, 0) is 0 Å². The van der Waals surface area contributed by atoms with E-state index in [0.717, 1.165) is 38.3 Å². The number of nitrogens with zero attached hydrogens (tertiary/aromatic N) is 4. The number of amides is 1. The summed E-state index contributed by atoms with van der Waals surface area (Å²) in [6, 6.07) is 16.0. The number of allylic oxidation sites excluding steroid dienone is 2. The maximum absolute atomic E-state index is 13.8. The minimum absolute atomic E-state index is 0.218. The molecule has 11 heteroatoms. The van der Waals surface area contributed by atoms with E-state index in [2.05, 4.69) is 35.8 Å². The number of H-pyrrole nitrogens is 2. The van der Waals surface area contributed by atoms with E-state index < -0.39 is 0 Å². The van der Waals surface area contributed by atoms with Gasteiger partial charge in [-0.2, -0.15) is 9.49 Å². The third-order valence-corrected chi connectivity index (χ3v) is 7.30. The molecule has 7 rings (SSSR count). The van der Waals surface area contributed by atoms with Gasteiger partial charge in [-0.05, 0) is 48.6 Å². The molecule has 0 saturated carbocycles. The number of thiophene rings is 1. The smallest absolute Gasteiger partial charge is 0.255 e. The summed E-state index contributed by atoms with van der Waals surface area (Å²) in [5, 5.41) is 14.0. The molecule has 6 heterocycles. The van der Waals surface area contributed by atoms with E-state index >= 15 is 0 Å². The largest absolute Gasteiger partial charge is 0.346 e. The van der Waals surface area contributed by atoms with Crippen LogP contribution in [-0.4, -0.2) is 36.0 Å². The van der Waals surface area contributed by atoms with Crippen LogP contribution in [0.25, 0.3) is 39.3 Å². The Kier molecular flexibility index (Phi) is 5.75. The van der Waals surface area contributed by atoms with E-state index in [1.165, 1.54) is 6.07 Å². The first-order valence-electron chi connectivity index (χ1n) is 12.3. The fourth-order valence-electron chi connectivity index (χ4n) is 4.50. The lowest BCUT2D eigenvalue weighted by Crippen LogP contribution is -2.11. The molecule has 4 N–H and O–H groups in total. The van der Waals surface area contributed by atoms with Gasteiger partial charge in [-0.25, -0.2) is 9.97 Å². The molecular formula is C29H19FN8OS. The summed E-state index contributed by atoms with van der Waals surface area (Å²) in [4.78, 5) is 30.4. The standard InChI is InChI=1S/C29H19FN8OS/c30-23-9-8-22(40-23)20-7-4-10-32-27-24(20)35-28(36-27)25-21-12-18(14-33-26(21)38-37-25)17-11-19(15-31-13-17)34-29(39)16-5-2-1-3-6-16/h1-15,32H,(H,34,39)(H,35,36)(H,33,37,38). The fourth-order valence-corrected chi connectivity index (χ4v) is 5.26. The lowest BCUT2D eigenvalue weighted by molar-refractivity contribution is 0.102. The molecule has 1 aliphatic rings. The Hall–Kier alpha value is -5.42. The summed E-state index contributed by atoms with van der Waals surface area (Å²) in [7, 11) is 0. The Morgan fingerprint density at radius 1 is 0.975 bits per heavy atom. The number of aromatic amines is 2. The van der Waals surface area contributed by atoms with E-state index in [4.69, 9.17) is 4.98 Å². The Morgan fingerprint density at radius 2 is 1.85 bits per heavy atom. The van der Waals surface area contributed by atoms with Crippen LogP contribution in [0.15, 0.2) is 91.5 Å². The van der Waals surface area contributed by atoms with Crippen LogP contribution in [0.3, 0.4) is 0 Å². The number of halogens is 1. The van der Waals surface area contributed by atoms with Gasteiger partial charge >= 0.3 is 0 Å². The zero-order valence-electron chi connectivity index (χ0n) is 20.6. The van der Waals surface area contributed by atoms with E-state index in [-0.39, 0.29) is 11.0 Å². The molecule has 1 amide bonds. The van der Waals surface area contributed by atoms with Crippen LogP contribution < -0.4 is 10.6 Å². The highest BCUT2D eigenvalue weighted by Gasteiger charge is 2.22. The number of benzene rings is 1. The Labute approximate surface area is 230 Å². The Morgan fingerprint density at radius 3 is 2.70 bits per heavy atom. The van der Waals surface area contributed by atoms with Crippen molar-refractivity contribution in [2.75, 3.05) is 10.6 Å². The van der Waals surface area contributed by atoms with Crippen molar-refractivity contribution < 1.29 is 9.18 Å². The monoisotopic (exact) mass is 546 g/mol. The lowest BCUT2D eigenvalue weighted by atomic mass is 10.1. The van der Waals surface area contributed by atoms with E-state index in [9.17, 15) is 9.18 Å². The van der Waals surface area contributed by atoms with Gasteiger partial charge in [0.1, 0.15) is 17.2 Å². The average molecular weight is 547 g/mol. The van der Waals surface area contributed by atoms with Crippen molar-refractivity contribution in [3.05, 3.63) is 113 Å². The first-order chi connectivity index (χ1) is 19.6. The van der Waals surface area contributed by atoms with Gasteiger partial charge < -0.3 is 15.6 Å². The first kappa shape index (κ1) is 23.7. The molecule has 194 valence electrons. The van der Waals surface area contributed by atoms with Crippen LogP contribution in [0, 0.1) is 5.13 Å². The minimum atomic E-state index is -0.260. The highest BCUT2D eigenvalue weighted by Crippen LogP contribution is 2.36. The molecule has 40 heavy (non-hydrogen) atoms. The number of carbonyl (C=O) groups excluding carboxylic acids is 1. The SMILES string of the molecule is O=C(Nc1cncc(-c2cnc3[nH]nc(-c4nc5c([nH]4)NC=CC=C5c4ccc(F)s4)c3c2)c1)c1ccccc1. The van der Waals surface area contributed by atoms with Gasteiger partial charge in [0, 0.05) is 45.7 Å². The van der Waals surface area contributed by atoms with Crippen LogP contribution >= 0.6 is 11.3 Å². The van der Waals surface area contributed by atoms with Crippen molar-refractivity contribution in [2.24, 2.45) is 0 Å². The summed E-state index contributed by atoms with van der Waals surface area (Å²) in [6.07, 6.45) is 10.6. The summed E-state index contributed by atoms with van der Waals surface area (Å²) in [5.74, 6) is 0.989. The second-order valence-corrected chi connectivity index (χ2v) is 10.0. The number of hydrogen-bond acceptors (Lipinski definition) is 7. The molecule has 0 aliphatic carbocycles. The predicted octanol–water partition coefficient (Wildman–Crippen LogP) is 6.23. The minimum Gasteiger partial charge on any atom is -0.346 e. The molecule has 1 aliphatic heterocycles. The number of aromatic nitrogens is 6. The van der Waals surface area contributed by atoms with Crippen molar-refractivity contribution in [3.8, 4) is 22.6 Å². The van der Waals surface area contributed by atoms with Gasteiger partial charge in [0.2, 0.25) is 0 Å². The molecule has 0 unspecified atom stereocenters. The molecule has 0 spiro atoms. The van der Waals surface area contributed by atoms with E-state index in [0.29, 0.717) is 39.9 Å². The molecule has 6 aromatic rings. The highest BCUT2D eigenvalue weighted by atomic mass is 32.1. The van der Waals surface area contributed by atoms with Gasteiger partial charge in [0.05, 0.1) is 17.3 Å². The van der Waals surface area contributed by atoms with Crippen LogP contribution in [0.5, 0.6) is 0 Å². The molecule has 0 saturated heterocycles. The average Bonchev–Trinajstić information content (AvgIpc) is 3.69. The fraction of sp³-hybridized carbons (Fsp3) is 0. The summed E-state index contributed by atoms with van der Waals surface area (Å²) < 4.78 is 13.8. The van der Waals surface area contributed by atoms with E-state index in [1.54, 1.807) is 43.0 Å². The van der Waals surface area contributed by atoms with Crippen LogP contribution in [0.1, 0.15) is 20.9 Å². The van der Waals surface area contributed by atoms with Gasteiger partial charge in [-0.15, -0.1) is 11.3 Å². The van der Waals surface area contributed by atoms with Gasteiger partial charge in [-0.1, -0.05) is 18.2 Å². The molecular weight excluding hydrogens is 527 g/mol. The third kappa shape index (κ3) is 4.33. The van der Waals surface area contributed by atoms with Crippen LogP contribution in [0.4, 0.5) is 15.9 Å². The van der Waals surface area contributed by atoms with Crippen molar-refractivity contribution in [3.63, 3.8) is 0 Å². The number of anilines is 2. The molecule has 5 aromatic heterocycles. The van der Waals surface area contributed by atoms with Crippen LogP contribution in [0.2, 0.25) is 0 Å². The van der Waals surface area contributed by atoms with Gasteiger partial charge in [0.25, 0.3) is 5.91 Å². The second-order valence-electron chi connectivity index (χ2n) is 8.97. The number of fused-ring (bicyclic) bond motifs is 2. The normalized spacial score (nSPS) is 12.5. The summed E-state index contributed by atoms with van der Waals surface area (Å²) in [6.45, 7) is 0. The van der Waals surface area contributed by atoms with Gasteiger partial charge in [-0.3, -0.25) is 14.9 Å². The number of imidazole rings is 1. The number of nitrogens with one attached hydrogen (secondary N) is 4. The highest BCUT2D eigenvalue weighted by molar-refractivity contribution is 7.11. The number of hydrogen-bond donors (Lipinski definition) is 4. The Balaban J connectivity index is 1.23. The quantitative estimate of drug-likeness (QED) is 0.203. The third-order valence-electron chi connectivity index (χ3n) is 6.39. The maximum Gasteiger partial charge on any atom is 0.255 e.